The molecule has 2 heterocycles. The summed E-state index contributed by atoms with van der Waals surface area (Å²) in [4.78, 5) is 35.8. The number of halogens is 3. The fourth-order valence-electron chi connectivity index (χ4n) is 2.47. The molecule has 0 spiro atoms. The smallest absolute Gasteiger partial charge is 0.417 e. The summed E-state index contributed by atoms with van der Waals surface area (Å²) in [6, 6.07) is 5.99. The molecule has 2 aromatic rings. The van der Waals surface area contributed by atoms with E-state index in [4.69, 9.17) is 14.2 Å². The lowest BCUT2D eigenvalue weighted by Gasteiger charge is -2.15. The van der Waals surface area contributed by atoms with E-state index in [2.05, 4.69) is 5.32 Å². The molecule has 1 aliphatic heterocycles. The lowest BCUT2D eigenvalue weighted by atomic mass is 10.2. The van der Waals surface area contributed by atoms with Gasteiger partial charge in [0.1, 0.15) is 6.54 Å². The van der Waals surface area contributed by atoms with Gasteiger partial charge < -0.3 is 24.1 Å². The van der Waals surface area contributed by atoms with E-state index in [1.165, 1.54) is 13.0 Å². The minimum Gasteiger partial charge on any atom is -0.454 e. The molecule has 1 atom stereocenters. The molecule has 0 aliphatic carbocycles. The van der Waals surface area contributed by atoms with E-state index in [0.29, 0.717) is 40.1 Å². The zero-order valence-corrected chi connectivity index (χ0v) is 15.0. The molecule has 0 fully saturated rings. The van der Waals surface area contributed by atoms with Crippen molar-refractivity contribution < 1.29 is 37.0 Å². The maximum atomic E-state index is 12.7. The van der Waals surface area contributed by atoms with Crippen LogP contribution in [0.1, 0.15) is 12.5 Å². The van der Waals surface area contributed by atoms with Crippen molar-refractivity contribution in [1.82, 2.24) is 4.57 Å². The van der Waals surface area contributed by atoms with Crippen LogP contribution in [0.4, 0.5) is 18.9 Å². The molecule has 0 unspecified atom stereocenters. The fourth-order valence-corrected chi connectivity index (χ4v) is 2.47. The molecule has 0 bridgehead atoms. The highest BCUT2D eigenvalue weighted by molar-refractivity contribution is 5.95. The summed E-state index contributed by atoms with van der Waals surface area (Å²) >= 11 is 0. The fraction of sp³-hybridized carbons (Fsp3) is 0.278. The van der Waals surface area contributed by atoms with Gasteiger partial charge in [0.05, 0.1) is 5.56 Å². The third-order valence-electron chi connectivity index (χ3n) is 3.93. The normalized spacial score (nSPS) is 13.7. The van der Waals surface area contributed by atoms with Crippen molar-refractivity contribution in [3.05, 3.63) is 52.4 Å². The van der Waals surface area contributed by atoms with Gasteiger partial charge in [0.15, 0.2) is 17.6 Å². The second-order valence-corrected chi connectivity index (χ2v) is 6.07. The van der Waals surface area contributed by atoms with E-state index in [9.17, 15) is 27.6 Å². The molecule has 0 saturated heterocycles. The molecule has 8 nitrogen and oxygen atoms in total. The molecule has 1 N–H and O–H groups in total. The number of carbonyl (C=O) groups excluding carboxylic acids is 2. The molecule has 1 aromatic heterocycles. The van der Waals surface area contributed by atoms with Crippen molar-refractivity contribution in [2.45, 2.75) is 25.7 Å². The van der Waals surface area contributed by atoms with Gasteiger partial charge in [0, 0.05) is 24.0 Å². The van der Waals surface area contributed by atoms with Gasteiger partial charge in [-0.3, -0.25) is 14.4 Å². The second kappa shape index (κ2) is 7.86. The second-order valence-electron chi connectivity index (χ2n) is 6.07. The standard InChI is InChI=1S/C18H15F3N2O6/c1-10(17(26)22-12-3-4-13-14(6-12)28-9-27-13)29-16(25)8-23-7-11(18(19,20)21)2-5-15(23)24/h2-7,10H,8-9H2,1H3,(H,22,26)/t10-/m0/s1. The molecule has 1 aromatic carbocycles. The van der Waals surface area contributed by atoms with Crippen molar-refractivity contribution in [2.24, 2.45) is 0 Å². The Morgan fingerprint density at radius 2 is 1.93 bits per heavy atom. The Bertz CT molecular complexity index is 1000. The van der Waals surface area contributed by atoms with Crippen LogP contribution in [0.5, 0.6) is 11.5 Å². The van der Waals surface area contributed by atoms with Crippen LogP contribution in [0.2, 0.25) is 0 Å². The average molecular weight is 412 g/mol. The van der Waals surface area contributed by atoms with Gasteiger partial charge >= 0.3 is 12.1 Å². The van der Waals surface area contributed by atoms with Crippen LogP contribution in [-0.4, -0.2) is 29.3 Å². The Balaban J connectivity index is 1.60. The number of nitrogens with one attached hydrogen (secondary N) is 1. The number of nitrogens with zero attached hydrogens (tertiary/aromatic N) is 1. The first-order chi connectivity index (χ1) is 13.6. The van der Waals surface area contributed by atoms with Gasteiger partial charge in [0.25, 0.3) is 11.5 Å². The van der Waals surface area contributed by atoms with E-state index in [-0.39, 0.29) is 6.79 Å². The van der Waals surface area contributed by atoms with Gasteiger partial charge in [-0.2, -0.15) is 13.2 Å². The van der Waals surface area contributed by atoms with Gasteiger partial charge in [-0.25, -0.2) is 0 Å². The summed E-state index contributed by atoms with van der Waals surface area (Å²) in [5.74, 6) is -0.751. The number of pyridine rings is 1. The number of esters is 1. The third-order valence-corrected chi connectivity index (χ3v) is 3.93. The van der Waals surface area contributed by atoms with E-state index in [0.717, 1.165) is 0 Å². The highest BCUT2D eigenvalue weighted by Crippen LogP contribution is 2.34. The highest BCUT2D eigenvalue weighted by Gasteiger charge is 2.31. The van der Waals surface area contributed by atoms with Crippen LogP contribution in [0.25, 0.3) is 0 Å². The first-order valence-electron chi connectivity index (χ1n) is 8.31. The summed E-state index contributed by atoms with van der Waals surface area (Å²) in [6.07, 6.45) is -5.41. The predicted molar refractivity (Wildman–Crippen MR) is 92.5 cm³/mol. The molecule has 29 heavy (non-hydrogen) atoms. The van der Waals surface area contributed by atoms with Crippen LogP contribution in [0.15, 0.2) is 41.3 Å². The number of hydrogen-bond donors (Lipinski definition) is 1. The van der Waals surface area contributed by atoms with Crippen LogP contribution >= 0.6 is 0 Å². The van der Waals surface area contributed by atoms with E-state index >= 15 is 0 Å². The number of amides is 1. The number of ether oxygens (including phenoxy) is 3. The SMILES string of the molecule is C[C@H](OC(=O)Cn1cc(C(F)(F)F)ccc1=O)C(=O)Nc1ccc2c(c1)OCO2. The van der Waals surface area contributed by atoms with Crippen molar-refractivity contribution in [3.8, 4) is 11.5 Å². The summed E-state index contributed by atoms with van der Waals surface area (Å²) in [5.41, 5.74) is -1.53. The Kier molecular flexibility index (Phi) is 5.48. The number of alkyl halides is 3. The first-order valence-corrected chi connectivity index (χ1v) is 8.31. The average Bonchev–Trinajstić information content (AvgIpc) is 3.10. The van der Waals surface area contributed by atoms with Crippen molar-refractivity contribution in [2.75, 3.05) is 12.1 Å². The lowest BCUT2D eigenvalue weighted by Crippen LogP contribution is -2.33. The minimum absolute atomic E-state index is 0.0651. The minimum atomic E-state index is -4.67. The number of rotatable bonds is 5. The number of aromatic nitrogens is 1. The summed E-state index contributed by atoms with van der Waals surface area (Å²) < 4.78 is 54.0. The van der Waals surface area contributed by atoms with E-state index in [1.54, 1.807) is 12.1 Å². The Morgan fingerprint density at radius 1 is 1.21 bits per heavy atom. The molecule has 154 valence electrons. The quantitative estimate of drug-likeness (QED) is 0.757. The molecular weight excluding hydrogens is 397 g/mol. The van der Waals surface area contributed by atoms with E-state index in [1.807, 2.05) is 0 Å². The topological polar surface area (TPSA) is 95.9 Å². The molecule has 0 saturated carbocycles. The largest absolute Gasteiger partial charge is 0.454 e. The van der Waals surface area contributed by atoms with Gasteiger partial charge in [-0.05, 0) is 25.1 Å². The lowest BCUT2D eigenvalue weighted by molar-refractivity contribution is -0.154. The Morgan fingerprint density at radius 3 is 2.66 bits per heavy atom. The van der Waals surface area contributed by atoms with Gasteiger partial charge in [0.2, 0.25) is 6.79 Å². The van der Waals surface area contributed by atoms with E-state index < -0.39 is 41.8 Å². The first kappa shape index (κ1) is 20.2. The van der Waals surface area contributed by atoms with Crippen LogP contribution in [-0.2, 0) is 27.0 Å². The maximum absolute atomic E-state index is 12.7. The predicted octanol–water partition coefficient (Wildman–Crippen LogP) is 2.17. The third kappa shape index (κ3) is 4.86. The number of fused-ring (bicyclic) bond motifs is 1. The van der Waals surface area contributed by atoms with Crippen LogP contribution in [0, 0.1) is 0 Å². The molecule has 11 heteroatoms. The Hall–Kier alpha value is -3.50. The molecule has 3 rings (SSSR count). The molecule has 1 amide bonds. The van der Waals surface area contributed by atoms with Crippen molar-refractivity contribution in [1.29, 1.82) is 0 Å². The maximum Gasteiger partial charge on any atom is 0.417 e. The summed E-state index contributed by atoms with van der Waals surface area (Å²) in [7, 11) is 0. The number of carbonyl (C=O) groups is 2. The number of benzene rings is 1. The van der Waals surface area contributed by atoms with Gasteiger partial charge in [-0.15, -0.1) is 0 Å². The van der Waals surface area contributed by atoms with Crippen molar-refractivity contribution >= 4 is 17.6 Å². The van der Waals surface area contributed by atoms with Gasteiger partial charge in [-0.1, -0.05) is 0 Å². The van der Waals surface area contributed by atoms with Crippen LogP contribution in [0.3, 0.4) is 0 Å². The van der Waals surface area contributed by atoms with Crippen LogP contribution < -0.4 is 20.3 Å². The number of anilines is 1. The molecule has 0 radical (unpaired) electrons. The highest BCUT2D eigenvalue weighted by atomic mass is 19.4. The molecule has 1 aliphatic rings. The summed E-state index contributed by atoms with van der Waals surface area (Å²) in [5, 5.41) is 2.51. The van der Waals surface area contributed by atoms with Crippen molar-refractivity contribution in [3.63, 3.8) is 0 Å². The Labute approximate surface area is 161 Å². The number of hydrogen-bond acceptors (Lipinski definition) is 6. The molecular formula is C18H15F3N2O6. The monoisotopic (exact) mass is 412 g/mol. The zero-order chi connectivity index (χ0) is 21.2. The summed E-state index contributed by atoms with van der Waals surface area (Å²) in [6.45, 7) is 0.579. The zero-order valence-electron chi connectivity index (χ0n) is 15.0.